The molecule has 1 fully saturated rings. The van der Waals surface area contributed by atoms with Crippen LogP contribution in [0, 0.1) is 11.8 Å². The molecule has 0 aliphatic carbocycles. The number of benzene rings is 2. The van der Waals surface area contributed by atoms with Crippen molar-refractivity contribution in [3.05, 3.63) is 72.3 Å². The molecule has 47 heavy (non-hydrogen) atoms. The lowest BCUT2D eigenvalue weighted by atomic mass is 9.98. The normalized spacial score (nSPS) is 18.1. The van der Waals surface area contributed by atoms with Crippen molar-refractivity contribution in [2.45, 2.75) is 84.3 Å². The third kappa shape index (κ3) is 8.97. The molecule has 2 heterocycles. The monoisotopic (exact) mass is 644 g/mol. The van der Waals surface area contributed by atoms with Gasteiger partial charge in [0.2, 0.25) is 17.7 Å². The third-order valence-corrected chi connectivity index (χ3v) is 8.34. The fourth-order valence-electron chi connectivity index (χ4n) is 5.57. The van der Waals surface area contributed by atoms with Gasteiger partial charge in [0.25, 0.3) is 5.91 Å². The number of carbonyl (C=O) groups excluding carboxylic acids is 5. The van der Waals surface area contributed by atoms with Crippen LogP contribution in [0.2, 0.25) is 0 Å². The number of fused-ring (bicyclic) bond motifs is 1. The molecule has 12 heteroatoms. The highest BCUT2D eigenvalue weighted by molar-refractivity contribution is 5.98. The Morgan fingerprint density at radius 1 is 0.957 bits per heavy atom. The first-order chi connectivity index (χ1) is 22.5. The average molecular weight is 645 g/mol. The molecule has 12 nitrogen and oxygen atoms in total. The Bertz CT molecular complexity index is 1560. The van der Waals surface area contributed by atoms with Gasteiger partial charge in [-0.25, -0.2) is 4.98 Å². The van der Waals surface area contributed by atoms with E-state index in [0.717, 1.165) is 16.3 Å². The molecule has 0 saturated carbocycles. The number of aromatic nitrogens is 2. The predicted molar refractivity (Wildman–Crippen MR) is 176 cm³/mol. The van der Waals surface area contributed by atoms with Crippen molar-refractivity contribution in [2.75, 3.05) is 6.54 Å². The maximum absolute atomic E-state index is 14.2. The number of carbonyl (C=O) groups is 5. The molecule has 0 bridgehead atoms. The Hall–Kier alpha value is -4.71. The van der Waals surface area contributed by atoms with Gasteiger partial charge in [-0.1, -0.05) is 71.0 Å². The van der Waals surface area contributed by atoms with Crippen molar-refractivity contribution in [1.29, 1.82) is 0 Å². The Morgan fingerprint density at radius 3 is 2.32 bits per heavy atom. The largest absolute Gasteiger partial charge is 0.372 e. The molecule has 1 aliphatic heterocycles. The molecule has 3 aromatic rings. The second-order valence-electron chi connectivity index (χ2n) is 12.5. The van der Waals surface area contributed by atoms with Crippen LogP contribution >= 0.6 is 0 Å². The van der Waals surface area contributed by atoms with Crippen LogP contribution in [-0.4, -0.2) is 81.6 Å². The van der Waals surface area contributed by atoms with E-state index in [-0.39, 0.29) is 37.1 Å². The highest BCUT2D eigenvalue weighted by Gasteiger charge is 2.44. The van der Waals surface area contributed by atoms with E-state index in [2.05, 4.69) is 25.9 Å². The molecule has 3 N–H and O–H groups in total. The van der Waals surface area contributed by atoms with Gasteiger partial charge in [0, 0.05) is 25.4 Å². The summed E-state index contributed by atoms with van der Waals surface area (Å²) in [6.07, 6.45) is 4.96. The molecule has 1 unspecified atom stereocenters. The Labute approximate surface area is 275 Å². The quantitative estimate of drug-likeness (QED) is 0.226. The summed E-state index contributed by atoms with van der Waals surface area (Å²) in [6, 6.07) is 10.5. The Morgan fingerprint density at radius 2 is 1.68 bits per heavy atom. The van der Waals surface area contributed by atoms with E-state index in [1.807, 2.05) is 42.5 Å². The molecular weight excluding hydrogens is 600 g/mol. The van der Waals surface area contributed by atoms with Gasteiger partial charge in [0.05, 0.1) is 24.9 Å². The van der Waals surface area contributed by atoms with Crippen LogP contribution in [0.25, 0.3) is 10.8 Å². The van der Waals surface area contributed by atoms with Gasteiger partial charge in [-0.3, -0.25) is 24.2 Å². The average Bonchev–Trinajstić information content (AvgIpc) is 3.51. The van der Waals surface area contributed by atoms with Gasteiger partial charge >= 0.3 is 0 Å². The van der Waals surface area contributed by atoms with E-state index >= 15 is 0 Å². The number of nitrogens with zero attached hydrogens (tertiary/aromatic N) is 3. The summed E-state index contributed by atoms with van der Waals surface area (Å²) < 4.78 is 6.24. The van der Waals surface area contributed by atoms with Gasteiger partial charge in [0.15, 0.2) is 0 Å². The van der Waals surface area contributed by atoms with Crippen LogP contribution in [0.1, 0.15) is 63.5 Å². The van der Waals surface area contributed by atoms with Crippen molar-refractivity contribution >= 4 is 40.7 Å². The maximum atomic E-state index is 14.2. The van der Waals surface area contributed by atoms with Gasteiger partial charge < -0.3 is 30.4 Å². The van der Waals surface area contributed by atoms with E-state index in [9.17, 15) is 24.0 Å². The second-order valence-corrected chi connectivity index (χ2v) is 12.5. The van der Waals surface area contributed by atoms with Crippen molar-refractivity contribution in [3.63, 3.8) is 0 Å². The summed E-state index contributed by atoms with van der Waals surface area (Å²) >= 11 is 0. The minimum atomic E-state index is -1.00. The summed E-state index contributed by atoms with van der Waals surface area (Å²) in [5.41, 5.74) is 1.01. The third-order valence-electron chi connectivity index (χ3n) is 8.34. The lowest BCUT2D eigenvalue weighted by molar-refractivity contribution is -0.143. The van der Waals surface area contributed by atoms with E-state index in [0.29, 0.717) is 12.7 Å². The van der Waals surface area contributed by atoms with Crippen LogP contribution in [0.3, 0.4) is 0 Å². The van der Waals surface area contributed by atoms with E-state index in [1.54, 1.807) is 34.6 Å². The minimum absolute atomic E-state index is 0.0591. The zero-order valence-electron chi connectivity index (χ0n) is 27.5. The van der Waals surface area contributed by atoms with Crippen molar-refractivity contribution in [2.24, 2.45) is 11.8 Å². The fraction of sp³-hybridized carbons (Fsp3) is 0.457. The first-order valence-corrected chi connectivity index (χ1v) is 16.0. The summed E-state index contributed by atoms with van der Waals surface area (Å²) in [6.45, 7) is 9.34. The van der Waals surface area contributed by atoms with E-state index in [1.165, 1.54) is 23.5 Å². The molecule has 250 valence electrons. The van der Waals surface area contributed by atoms with Crippen LogP contribution in [0.4, 0.5) is 0 Å². The first-order valence-electron chi connectivity index (χ1n) is 16.0. The number of aldehydes is 1. The number of likely N-dealkylation sites (tertiary alicyclic amines) is 1. The number of rotatable bonds is 14. The van der Waals surface area contributed by atoms with Gasteiger partial charge in [-0.15, -0.1) is 0 Å². The van der Waals surface area contributed by atoms with E-state index in [4.69, 9.17) is 4.74 Å². The predicted octanol–water partition coefficient (Wildman–Crippen LogP) is 2.81. The smallest absolute Gasteiger partial charge is 0.272 e. The van der Waals surface area contributed by atoms with Crippen molar-refractivity contribution < 1.29 is 28.7 Å². The van der Waals surface area contributed by atoms with Gasteiger partial charge in [-0.05, 0) is 40.7 Å². The molecule has 5 atom stereocenters. The van der Waals surface area contributed by atoms with Gasteiger partial charge in [-0.2, -0.15) is 0 Å². The van der Waals surface area contributed by atoms with Crippen LogP contribution in [0.15, 0.2) is 61.1 Å². The minimum Gasteiger partial charge on any atom is -0.372 e. The zero-order valence-corrected chi connectivity index (χ0v) is 27.5. The van der Waals surface area contributed by atoms with Gasteiger partial charge in [0.1, 0.15) is 30.1 Å². The molecule has 1 aliphatic rings. The molecule has 1 saturated heterocycles. The summed E-state index contributed by atoms with van der Waals surface area (Å²) in [5.74, 6) is -2.68. The number of amides is 4. The highest BCUT2D eigenvalue weighted by atomic mass is 16.5. The molecule has 0 radical (unpaired) electrons. The molecule has 0 spiro atoms. The molecule has 1 aromatic heterocycles. The number of hydrogen-bond acceptors (Lipinski definition) is 8. The SMILES string of the molecule is CCC(C=O)NC(=O)[C@@H]1C[C@@H](OCc2ccc3ccccc3c2)CN1C(=O)[C@H](NC(=O)[C@H](NC(=O)c1cnccn1)C(C)C)C(C)C. The zero-order chi connectivity index (χ0) is 34.1. The maximum Gasteiger partial charge on any atom is 0.272 e. The van der Waals surface area contributed by atoms with Crippen LogP contribution in [0.5, 0.6) is 0 Å². The number of hydrogen-bond donors (Lipinski definition) is 3. The molecule has 4 rings (SSSR count). The topological polar surface area (TPSA) is 160 Å². The lowest BCUT2D eigenvalue weighted by Crippen LogP contribution is -2.59. The van der Waals surface area contributed by atoms with Crippen molar-refractivity contribution in [1.82, 2.24) is 30.8 Å². The lowest BCUT2D eigenvalue weighted by Gasteiger charge is -2.32. The van der Waals surface area contributed by atoms with Crippen LogP contribution < -0.4 is 16.0 Å². The standard InChI is InChI=1S/C35H44N6O6/c1-6-26(19-42)38-33(44)29-16-27(47-20-23-11-12-24-9-7-8-10-25(24)15-23)18-41(29)35(46)31(22(4)5)40-34(45)30(21(2)3)39-32(43)28-17-36-13-14-37-28/h7-15,17,19,21-22,26-27,29-31H,6,16,18,20H2,1-5H3,(H,38,44)(H,39,43)(H,40,45)/t26?,27-,29+,30-,31-/m1/s1. The number of ether oxygens (including phenoxy) is 1. The summed E-state index contributed by atoms with van der Waals surface area (Å²) in [5, 5.41) is 10.5. The molecular formula is C35H44N6O6. The van der Waals surface area contributed by atoms with Crippen LogP contribution in [-0.2, 0) is 30.5 Å². The van der Waals surface area contributed by atoms with E-state index < -0.39 is 53.9 Å². The number of nitrogens with one attached hydrogen (secondary N) is 3. The molecule has 4 amide bonds. The Kier molecular flexibility index (Phi) is 12.1. The fourth-order valence-corrected chi connectivity index (χ4v) is 5.57. The molecule has 2 aromatic carbocycles. The second kappa shape index (κ2) is 16.2. The first kappa shape index (κ1) is 35.1. The summed E-state index contributed by atoms with van der Waals surface area (Å²) in [7, 11) is 0. The highest BCUT2D eigenvalue weighted by Crippen LogP contribution is 2.25. The van der Waals surface area contributed by atoms with Crippen molar-refractivity contribution in [3.8, 4) is 0 Å². The Balaban J connectivity index is 1.51. The summed E-state index contributed by atoms with van der Waals surface area (Å²) in [4.78, 5) is 74.8.